The van der Waals surface area contributed by atoms with Crippen molar-refractivity contribution in [2.75, 3.05) is 23.3 Å². The van der Waals surface area contributed by atoms with Crippen molar-refractivity contribution in [2.24, 2.45) is 0 Å². The SMILES string of the molecule is Fc1cc(NCc2cccc(Cl)c2)ccc1N1CCCC1. The number of benzene rings is 2. The van der Waals surface area contributed by atoms with Gasteiger partial charge in [-0.2, -0.15) is 0 Å². The zero-order chi connectivity index (χ0) is 14.7. The van der Waals surface area contributed by atoms with Crippen LogP contribution in [0.25, 0.3) is 0 Å². The molecule has 1 aliphatic heterocycles. The molecule has 0 unspecified atom stereocenters. The van der Waals surface area contributed by atoms with Crippen LogP contribution in [-0.4, -0.2) is 13.1 Å². The molecule has 4 heteroatoms. The maximum absolute atomic E-state index is 14.2. The van der Waals surface area contributed by atoms with Gasteiger partial charge in [0.25, 0.3) is 0 Å². The van der Waals surface area contributed by atoms with Crippen molar-refractivity contribution in [2.45, 2.75) is 19.4 Å². The molecule has 0 saturated carbocycles. The maximum atomic E-state index is 14.2. The summed E-state index contributed by atoms with van der Waals surface area (Å²) in [6.07, 6.45) is 2.29. The molecule has 0 aromatic heterocycles. The van der Waals surface area contributed by atoms with Crippen LogP contribution in [0.3, 0.4) is 0 Å². The average Bonchev–Trinajstić information content (AvgIpc) is 2.99. The zero-order valence-corrected chi connectivity index (χ0v) is 12.5. The Morgan fingerprint density at radius 1 is 1.10 bits per heavy atom. The molecule has 3 rings (SSSR count). The molecule has 1 heterocycles. The minimum Gasteiger partial charge on any atom is -0.381 e. The second-order valence-corrected chi connectivity index (χ2v) is 5.78. The topological polar surface area (TPSA) is 15.3 Å². The summed E-state index contributed by atoms with van der Waals surface area (Å²) in [7, 11) is 0. The number of hydrogen-bond acceptors (Lipinski definition) is 2. The summed E-state index contributed by atoms with van der Waals surface area (Å²) in [4.78, 5) is 2.11. The molecule has 0 spiro atoms. The Hall–Kier alpha value is -1.74. The van der Waals surface area contributed by atoms with Crippen molar-refractivity contribution in [3.8, 4) is 0 Å². The lowest BCUT2D eigenvalue weighted by Gasteiger charge is -2.19. The van der Waals surface area contributed by atoms with Crippen molar-refractivity contribution in [3.63, 3.8) is 0 Å². The summed E-state index contributed by atoms with van der Waals surface area (Å²) in [5.41, 5.74) is 2.57. The van der Waals surface area contributed by atoms with Gasteiger partial charge in [-0.25, -0.2) is 4.39 Å². The first-order valence-corrected chi connectivity index (χ1v) is 7.63. The van der Waals surface area contributed by atoms with E-state index in [1.165, 1.54) is 0 Å². The van der Waals surface area contributed by atoms with E-state index >= 15 is 0 Å². The Morgan fingerprint density at radius 2 is 1.90 bits per heavy atom. The van der Waals surface area contributed by atoms with Crippen LogP contribution >= 0.6 is 11.6 Å². The van der Waals surface area contributed by atoms with Gasteiger partial charge in [-0.1, -0.05) is 23.7 Å². The van der Waals surface area contributed by atoms with Gasteiger partial charge in [-0.3, -0.25) is 0 Å². The number of nitrogens with one attached hydrogen (secondary N) is 1. The Bertz CT molecular complexity index is 624. The third-order valence-corrected chi connectivity index (χ3v) is 4.02. The second kappa shape index (κ2) is 6.35. The predicted octanol–water partition coefficient (Wildman–Crippen LogP) is 4.69. The highest BCUT2D eigenvalue weighted by atomic mass is 35.5. The smallest absolute Gasteiger partial charge is 0.148 e. The zero-order valence-electron chi connectivity index (χ0n) is 11.8. The van der Waals surface area contributed by atoms with Crippen LogP contribution in [-0.2, 0) is 6.54 Å². The molecule has 2 aromatic rings. The highest BCUT2D eigenvalue weighted by Crippen LogP contribution is 2.26. The van der Waals surface area contributed by atoms with Gasteiger partial charge in [0.05, 0.1) is 5.69 Å². The molecule has 2 nitrogen and oxygen atoms in total. The fraction of sp³-hybridized carbons (Fsp3) is 0.294. The number of halogens is 2. The molecule has 1 fully saturated rings. The summed E-state index contributed by atoms with van der Waals surface area (Å²) >= 11 is 5.95. The quantitative estimate of drug-likeness (QED) is 0.881. The van der Waals surface area contributed by atoms with Gasteiger partial charge >= 0.3 is 0 Å². The maximum Gasteiger partial charge on any atom is 0.148 e. The van der Waals surface area contributed by atoms with E-state index < -0.39 is 0 Å². The Labute approximate surface area is 129 Å². The molecule has 2 aromatic carbocycles. The van der Waals surface area contributed by atoms with E-state index in [9.17, 15) is 4.39 Å². The molecule has 21 heavy (non-hydrogen) atoms. The fourth-order valence-corrected chi connectivity index (χ4v) is 2.90. The summed E-state index contributed by atoms with van der Waals surface area (Å²) in [5, 5.41) is 3.94. The van der Waals surface area contributed by atoms with Crippen LogP contribution < -0.4 is 10.2 Å². The molecule has 1 aliphatic rings. The van der Waals surface area contributed by atoms with Gasteiger partial charge in [0.1, 0.15) is 5.82 Å². The van der Waals surface area contributed by atoms with E-state index in [4.69, 9.17) is 11.6 Å². The van der Waals surface area contributed by atoms with E-state index in [1.54, 1.807) is 6.07 Å². The highest BCUT2D eigenvalue weighted by molar-refractivity contribution is 6.30. The van der Waals surface area contributed by atoms with E-state index in [2.05, 4.69) is 10.2 Å². The third kappa shape index (κ3) is 3.48. The van der Waals surface area contributed by atoms with Crippen molar-refractivity contribution in [1.82, 2.24) is 0 Å². The van der Waals surface area contributed by atoms with Crippen LogP contribution in [0.1, 0.15) is 18.4 Å². The van der Waals surface area contributed by atoms with Gasteiger partial charge in [0.2, 0.25) is 0 Å². The first-order chi connectivity index (χ1) is 10.2. The highest BCUT2D eigenvalue weighted by Gasteiger charge is 2.16. The number of hydrogen-bond donors (Lipinski definition) is 1. The lowest BCUT2D eigenvalue weighted by atomic mass is 10.2. The van der Waals surface area contributed by atoms with Gasteiger partial charge in [-0.05, 0) is 48.7 Å². The normalized spacial score (nSPS) is 14.5. The molecule has 1 saturated heterocycles. The van der Waals surface area contributed by atoms with Crippen molar-refractivity contribution >= 4 is 23.0 Å². The van der Waals surface area contributed by atoms with Gasteiger partial charge < -0.3 is 10.2 Å². The molecule has 0 bridgehead atoms. The number of rotatable bonds is 4. The Kier molecular flexibility index (Phi) is 4.30. The molecular weight excluding hydrogens is 287 g/mol. The molecule has 1 N–H and O–H groups in total. The van der Waals surface area contributed by atoms with Crippen LogP contribution in [0.15, 0.2) is 42.5 Å². The molecular formula is C17H18ClFN2. The van der Waals surface area contributed by atoms with Crippen molar-refractivity contribution in [3.05, 3.63) is 58.9 Å². The lowest BCUT2D eigenvalue weighted by Crippen LogP contribution is -2.18. The van der Waals surface area contributed by atoms with E-state index in [0.717, 1.165) is 37.2 Å². The van der Waals surface area contributed by atoms with Crippen LogP contribution in [0, 0.1) is 5.82 Å². The first-order valence-electron chi connectivity index (χ1n) is 7.25. The molecule has 0 aliphatic carbocycles. The van der Waals surface area contributed by atoms with E-state index in [1.807, 2.05) is 36.4 Å². The van der Waals surface area contributed by atoms with Crippen molar-refractivity contribution < 1.29 is 4.39 Å². The predicted molar refractivity (Wildman–Crippen MR) is 86.6 cm³/mol. The fourth-order valence-electron chi connectivity index (χ4n) is 2.68. The first kappa shape index (κ1) is 14.2. The van der Waals surface area contributed by atoms with Crippen LogP contribution in [0.5, 0.6) is 0 Å². The molecule has 110 valence electrons. The largest absolute Gasteiger partial charge is 0.381 e. The summed E-state index contributed by atoms with van der Waals surface area (Å²) in [6.45, 7) is 2.53. The van der Waals surface area contributed by atoms with E-state index in [-0.39, 0.29) is 5.82 Å². The Morgan fingerprint density at radius 3 is 2.62 bits per heavy atom. The van der Waals surface area contributed by atoms with Crippen LogP contribution in [0.2, 0.25) is 5.02 Å². The minimum atomic E-state index is -0.159. The third-order valence-electron chi connectivity index (χ3n) is 3.78. The second-order valence-electron chi connectivity index (χ2n) is 5.34. The standard InChI is InChI=1S/C17H18ClFN2/c18-14-5-3-4-13(10-14)12-20-15-6-7-17(16(19)11-15)21-8-1-2-9-21/h3-7,10-11,20H,1-2,8-9,12H2. The monoisotopic (exact) mass is 304 g/mol. The van der Waals surface area contributed by atoms with Gasteiger partial charge in [0, 0.05) is 30.3 Å². The molecule has 0 amide bonds. The summed E-state index contributed by atoms with van der Waals surface area (Å²) in [5.74, 6) is -0.159. The number of anilines is 2. The minimum absolute atomic E-state index is 0.159. The molecule has 0 atom stereocenters. The molecule has 0 radical (unpaired) electrons. The summed E-state index contributed by atoms with van der Waals surface area (Å²) < 4.78 is 14.2. The Balaban J connectivity index is 1.67. The summed E-state index contributed by atoms with van der Waals surface area (Å²) in [6, 6.07) is 13.0. The lowest BCUT2D eigenvalue weighted by molar-refractivity contribution is 0.623. The van der Waals surface area contributed by atoms with E-state index in [0.29, 0.717) is 17.3 Å². The average molecular weight is 305 g/mol. The van der Waals surface area contributed by atoms with Gasteiger partial charge in [0.15, 0.2) is 0 Å². The number of nitrogens with zero attached hydrogens (tertiary/aromatic N) is 1. The van der Waals surface area contributed by atoms with Crippen LogP contribution in [0.4, 0.5) is 15.8 Å². The van der Waals surface area contributed by atoms with Gasteiger partial charge in [-0.15, -0.1) is 0 Å². The van der Waals surface area contributed by atoms with Crippen molar-refractivity contribution in [1.29, 1.82) is 0 Å².